The van der Waals surface area contributed by atoms with Crippen LogP contribution in [0, 0.1) is 18.6 Å². The molecular formula is C10H11N3S. The van der Waals surface area contributed by atoms with Crippen LogP contribution in [-0.2, 0) is 0 Å². The molecule has 0 atom stereocenters. The van der Waals surface area contributed by atoms with Crippen molar-refractivity contribution in [3.8, 4) is 5.69 Å². The van der Waals surface area contributed by atoms with Gasteiger partial charge >= 0.3 is 0 Å². The largest absolute Gasteiger partial charge is 0.274 e. The second-order valence-corrected chi connectivity index (χ2v) is 3.66. The first kappa shape index (κ1) is 9.15. The van der Waals surface area contributed by atoms with Crippen LogP contribution in [0.5, 0.6) is 0 Å². The van der Waals surface area contributed by atoms with E-state index in [-0.39, 0.29) is 0 Å². The molecule has 0 bridgehead atoms. The highest BCUT2D eigenvalue weighted by atomic mass is 32.1. The third kappa shape index (κ3) is 1.37. The van der Waals surface area contributed by atoms with Crippen LogP contribution in [0.1, 0.15) is 11.1 Å². The van der Waals surface area contributed by atoms with Gasteiger partial charge in [-0.25, -0.2) is 0 Å². The van der Waals surface area contributed by atoms with Gasteiger partial charge in [0.1, 0.15) is 6.33 Å². The highest BCUT2D eigenvalue weighted by Gasteiger charge is 2.04. The summed E-state index contributed by atoms with van der Waals surface area (Å²) in [7, 11) is 0. The maximum Gasteiger partial charge on any atom is 0.199 e. The van der Waals surface area contributed by atoms with Crippen LogP contribution < -0.4 is 0 Å². The van der Waals surface area contributed by atoms with E-state index < -0.39 is 0 Å². The zero-order chi connectivity index (χ0) is 10.1. The lowest BCUT2D eigenvalue weighted by molar-refractivity contribution is 1.00. The van der Waals surface area contributed by atoms with E-state index in [1.807, 2.05) is 10.6 Å². The van der Waals surface area contributed by atoms with Gasteiger partial charge in [-0.2, -0.15) is 5.10 Å². The number of rotatable bonds is 1. The molecule has 0 aliphatic rings. The van der Waals surface area contributed by atoms with Gasteiger partial charge in [-0.15, -0.1) is 0 Å². The number of para-hydroxylation sites is 1. The summed E-state index contributed by atoms with van der Waals surface area (Å²) in [6.07, 6.45) is 1.71. The molecule has 0 spiro atoms. The molecule has 0 saturated heterocycles. The molecule has 72 valence electrons. The van der Waals surface area contributed by atoms with Crippen LogP contribution in [0.15, 0.2) is 24.5 Å². The minimum Gasteiger partial charge on any atom is -0.274 e. The van der Waals surface area contributed by atoms with E-state index in [2.05, 4.69) is 36.2 Å². The number of hydrogen-bond acceptors (Lipinski definition) is 2. The van der Waals surface area contributed by atoms with Crippen molar-refractivity contribution in [2.24, 2.45) is 0 Å². The third-order valence-electron chi connectivity index (χ3n) is 2.23. The van der Waals surface area contributed by atoms with Crippen LogP contribution in [0.2, 0.25) is 0 Å². The molecule has 1 heterocycles. The van der Waals surface area contributed by atoms with Crippen LogP contribution in [0.4, 0.5) is 0 Å². The molecule has 2 rings (SSSR count). The molecule has 0 saturated carbocycles. The molecule has 1 aromatic heterocycles. The molecule has 14 heavy (non-hydrogen) atoms. The Bertz CT molecular complexity index is 490. The lowest BCUT2D eigenvalue weighted by Gasteiger charge is -2.08. The van der Waals surface area contributed by atoms with Gasteiger partial charge in [0.05, 0.1) is 5.69 Å². The van der Waals surface area contributed by atoms with Gasteiger partial charge < -0.3 is 0 Å². The number of nitrogens with zero attached hydrogens (tertiary/aromatic N) is 2. The van der Waals surface area contributed by atoms with Crippen molar-refractivity contribution in [2.45, 2.75) is 13.8 Å². The van der Waals surface area contributed by atoms with Crippen molar-refractivity contribution >= 4 is 12.2 Å². The van der Waals surface area contributed by atoms with E-state index >= 15 is 0 Å². The van der Waals surface area contributed by atoms with Crippen LogP contribution in [0.3, 0.4) is 0 Å². The Morgan fingerprint density at radius 1 is 1.29 bits per heavy atom. The van der Waals surface area contributed by atoms with Crippen molar-refractivity contribution in [1.29, 1.82) is 0 Å². The smallest absolute Gasteiger partial charge is 0.199 e. The van der Waals surface area contributed by atoms with E-state index in [4.69, 9.17) is 12.2 Å². The van der Waals surface area contributed by atoms with Crippen molar-refractivity contribution < 1.29 is 0 Å². The predicted octanol–water partition coefficient (Wildman–Crippen LogP) is 2.55. The maximum absolute atomic E-state index is 5.13. The van der Waals surface area contributed by atoms with Gasteiger partial charge in [0, 0.05) is 0 Å². The summed E-state index contributed by atoms with van der Waals surface area (Å²) < 4.78 is 2.52. The summed E-state index contributed by atoms with van der Waals surface area (Å²) in [6, 6.07) is 6.17. The molecule has 0 aliphatic heterocycles. The van der Waals surface area contributed by atoms with E-state index in [0.29, 0.717) is 4.77 Å². The molecule has 4 heteroatoms. The van der Waals surface area contributed by atoms with Crippen LogP contribution in [-0.4, -0.2) is 14.8 Å². The fourth-order valence-corrected chi connectivity index (χ4v) is 1.78. The molecule has 0 amide bonds. The fourth-order valence-electron chi connectivity index (χ4n) is 1.59. The maximum atomic E-state index is 5.13. The van der Waals surface area contributed by atoms with Gasteiger partial charge in [0.25, 0.3) is 0 Å². The lowest BCUT2D eigenvalue weighted by atomic mass is 10.1. The van der Waals surface area contributed by atoms with Crippen molar-refractivity contribution in [2.75, 3.05) is 0 Å². The molecule has 1 aromatic carbocycles. The minimum atomic E-state index is 0.627. The summed E-state index contributed by atoms with van der Waals surface area (Å²) in [6.45, 7) is 4.13. The highest BCUT2D eigenvalue weighted by molar-refractivity contribution is 7.71. The molecule has 0 radical (unpaired) electrons. The first-order valence-corrected chi connectivity index (χ1v) is 4.79. The topological polar surface area (TPSA) is 33.6 Å². The Morgan fingerprint density at radius 3 is 2.43 bits per heavy atom. The van der Waals surface area contributed by atoms with E-state index in [1.165, 1.54) is 11.1 Å². The molecule has 2 aromatic rings. The Morgan fingerprint density at radius 2 is 1.93 bits per heavy atom. The van der Waals surface area contributed by atoms with Gasteiger partial charge in [0.2, 0.25) is 0 Å². The molecule has 0 fully saturated rings. The molecule has 0 aliphatic carbocycles. The summed E-state index contributed by atoms with van der Waals surface area (Å²) in [4.78, 5) is 0. The SMILES string of the molecule is Cc1cccc(C)c1-n1cn[nH]c1=S. The normalized spacial score (nSPS) is 10.4. The Kier molecular flexibility index (Phi) is 2.21. The van der Waals surface area contributed by atoms with Gasteiger partial charge in [-0.05, 0) is 37.2 Å². The van der Waals surface area contributed by atoms with Crippen molar-refractivity contribution in [3.63, 3.8) is 0 Å². The predicted molar refractivity (Wildman–Crippen MR) is 58.2 cm³/mol. The molecule has 1 N–H and O–H groups in total. The monoisotopic (exact) mass is 205 g/mol. The quantitative estimate of drug-likeness (QED) is 0.726. The summed E-state index contributed by atoms with van der Waals surface area (Å²) >= 11 is 5.13. The Labute approximate surface area is 87.4 Å². The second kappa shape index (κ2) is 3.38. The van der Waals surface area contributed by atoms with Crippen molar-refractivity contribution in [1.82, 2.24) is 14.8 Å². The number of nitrogens with one attached hydrogen (secondary N) is 1. The number of aromatic amines is 1. The number of aromatic nitrogens is 3. The third-order valence-corrected chi connectivity index (χ3v) is 2.52. The zero-order valence-electron chi connectivity index (χ0n) is 8.11. The first-order valence-electron chi connectivity index (χ1n) is 4.39. The summed E-state index contributed by atoms with van der Waals surface area (Å²) in [5.74, 6) is 0. The number of H-pyrrole nitrogens is 1. The van der Waals surface area contributed by atoms with E-state index in [1.54, 1.807) is 6.33 Å². The summed E-state index contributed by atoms with van der Waals surface area (Å²) in [5, 5.41) is 6.66. The zero-order valence-corrected chi connectivity index (χ0v) is 8.93. The van der Waals surface area contributed by atoms with E-state index in [0.717, 1.165) is 5.69 Å². The second-order valence-electron chi connectivity index (χ2n) is 3.27. The lowest BCUT2D eigenvalue weighted by Crippen LogP contribution is -1.98. The number of benzene rings is 1. The average Bonchev–Trinajstić information content (AvgIpc) is 2.52. The van der Waals surface area contributed by atoms with Gasteiger partial charge in [-0.1, -0.05) is 18.2 Å². The van der Waals surface area contributed by atoms with Gasteiger partial charge in [-0.3, -0.25) is 9.67 Å². The standard InChI is InChI=1S/C10H11N3S/c1-7-4-3-5-8(2)9(7)13-6-11-12-10(13)14/h3-6H,1-2H3,(H,12,14). The fraction of sp³-hybridized carbons (Fsp3) is 0.200. The highest BCUT2D eigenvalue weighted by Crippen LogP contribution is 2.17. The van der Waals surface area contributed by atoms with Crippen LogP contribution >= 0.6 is 12.2 Å². The number of aryl methyl sites for hydroxylation is 2. The van der Waals surface area contributed by atoms with Gasteiger partial charge in [0.15, 0.2) is 4.77 Å². The number of hydrogen-bond donors (Lipinski definition) is 1. The summed E-state index contributed by atoms with van der Waals surface area (Å²) in [5.41, 5.74) is 3.51. The average molecular weight is 205 g/mol. The van der Waals surface area contributed by atoms with Crippen LogP contribution in [0.25, 0.3) is 5.69 Å². The Hall–Kier alpha value is -1.42. The Balaban J connectivity index is 2.74. The minimum absolute atomic E-state index is 0.627. The van der Waals surface area contributed by atoms with E-state index in [9.17, 15) is 0 Å². The molecular weight excluding hydrogens is 194 g/mol. The van der Waals surface area contributed by atoms with Crippen molar-refractivity contribution in [3.05, 3.63) is 40.4 Å². The molecule has 3 nitrogen and oxygen atoms in total. The first-order chi connectivity index (χ1) is 6.70. The molecule has 0 unspecified atom stereocenters.